The summed E-state index contributed by atoms with van der Waals surface area (Å²) in [6, 6.07) is 6.31. The fourth-order valence-corrected chi connectivity index (χ4v) is 4.88. The van der Waals surface area contributed by atoms with Crippen molar-refractivity contribution in [3.63, 3.8) is 0 Å². The smallest absolute Gasteiger partial charge is 0.192 e. The van der Waals surface area contributed by atoms with Crippen LogP contribution in [-0.2, 0) is 10.8 Å². The molecule has 2 unspecified atom stereocenters. The van der Waals surface area contributed by atoms with E-state index in [0.717, 1.165) is 28.6 Å². The van der Waals surface area contributed by atoms with Gasteiger partial charge in [0.25, 0.3) is 0 Å². The van der Waals surface area contributed by atoms with Gasteiger partial charge in [-0.1, -0.05) is 32.9 Å². The third kappa shape index (κ3) is 4.20. The van der Waals surface area contributed by atoms with E-state index in [-0.39, 0.29) is 17.2 Å². The van der Waals surface area contributed by atoms with Gasteiger partial charge in [0.2, 0.25) is 0 Å². The lowest BCUT2D eigenvalue weighted by molar-refractivity contribution is 0.183. The van der Waals surface area contributed by atoms with E-state index in [1.807, 2.05) is 12.1 Å². The lowest BCUT2D eigenvalue weighted by atomic mass is 10.1. The summed E-state index contributed by atoms with van der Waals surface area (Å²) in [5.41, 5.74) is 7.82. The zero-order valence-corrected chi connectivity index (χ0v) is 18.9. The van der Waals surface area contributed by atoms with Crippen LogP contribution in [0.1, 0.15) is 38.8 Å². The Kier molecular flexibility index (Phi) is 5.78. The molecular formula is C22H34N2O3Si. The van der Waals surface area contributed by atoms with Crippen LogP contribution >= 0.6 is 0 Å². The normalized spacial score (nSPS) is 21.4. The molecule has 0 aliphatic heterocycles. The van der Waals surface area contributed by atoms with Gasteiger partial charge < -0.3 is 24.6 Å². The standard InChI is InChI=1S/C22H34N2O3Si/c1-22(2,3)28(5,6)27-18-8-7-16(12-18)24-14-15(11-21(23)25)19-13-17(26-4)9-10-20(19)24/h7-10,13-14,16,18,21,25H,11-12,23H2,1-6H3/t16?,18-,21?/m1/s1. The molecule has 3 N–H and O–H groups in total. The second-order valence-corrected chi connectivity index (χ2v) is 14.1. The SMILES string of the molecule is COc1ccc2c(c1)c(CC(N)O)cn2C1C=C[C@@H](O[Si](C)(C)C(C)(C)C)C1. The Morgan fingerprint density at radius 1 is 1.29 bits per heavy atom. The number of nitrogens with two attached hydrogens (primary N) is 1. The van der Waals surface area contributed by atoms with E-state index in [9.17, 15) is 5.11 Å². The Morgan fingerprint density at radius 2 is 2.00 bits per heavy atom. The number of aliphatic hydroxyl groups excluding tert-OH is 1. The minimum Gasteiger partial charge on any atom is -0.497 e. The van der Waals surface area contributed by atoms with Gasteiger partial charge in [0.15, 0.2) is 8.32 Å². The van der Waals surface area contributed by atoms with Crippen molar-refractivity contribution in [1.82, 2.24) is 4.57 Å². The van der Waals surface area contributed by atoms with E-state index >= 15 is 0 Å². The quantitative estimate of drug-likeness (QED) is 0.428. The molecule has 0 saturated heterocycles. The fraction of sp³-hybridized carbons (Fsp3) is 0.545. The first kappa shape index (κ1) is 21.1. The van der Waals surface area contributed by atoms with Crippen LogP contribution < -0.4 is 10.5 Å². The highest BCUT2D eigenvalue weighted by molar-refractivity contribution is 6.74. The van der Waals surface area contributed by atoms with Crippen molar-refractivity contribution in [3.05, 3.63) is 42.1 Å². The van der Waals surface area contributed by atoms with Crippen LogP contribution in [0.5, 0.6) is 5.75 Å². The molecular weight excluding hydrogens is 368 g/mol. The summed E-state index contributed by atoms with van der Waals surface area (Å²) in [6.45, 7) is 11.4. The Balaban J connectivity index is 1.87. The van der Waals surface area contributed by atoms with E-state index in [4.69, 9.17) is 14.9 Å². The molecule has 0 fully saturated rings. The maximum Gasteiger partial charge on any atom is 0.192 e. The molecule has 1 aliphatic carbocycles. The Hall–Kier alpha value is -1.60. The van der Waals surface area contributed by atoms with Crippen LogP contribution in [0.15, 0.2) is 36.5 Å². The summed E-state index contributed by atoms with van der Waals surface area (Å²) < 4.78 is 14.3. The Morgan fingerprint density at radius 3 is 2.61 bits per heavy atom. The molecule has 5 nitrogen and oxygen atoms in total. The number of methoxy groups -OCH3 is 1. The highest BCUT2D eigenvalue weighted by Gasteiger charge is 2.40. The van der Waals surface area contributed by atoms with Crippen molar-refractivity contribution in [1.29, 1.82) is 0 Å². The second kappa shape index (κ2) is 7.67. The molecule has 1 aliphatic rings. The van der Waals surface area contributed by atoms with E-state index in [1.165, 1.54) is 0 Å². The number of benzene rings is 1. The Bertz CT molecular complexity index is 865. The molecule has 1 heterocycles. The van der Waals surface area contributed by atoms with Gasteiger partial charge in [-0.15, -0.1) is 0 Å². The first-order chi connectivity index (χ1) is 13.0. The van der Waals surface area contributed by atoms with Gasteiger partial charge in [0.1, 0.15) is 12.0 Å². The van der Waals surface area contributed by atoms with Gasteiger partial charge >= 0.3 is 0 Å². The zero-order valence-electron chi connectivity index (χ0n) is 17.9. The fourth-order valence-electron chi connectivity index (χ4n) is 3.59. The summed E-state index contributed by atoms with van der Waals surface area (Å²) >= 11 is 0. The highest BCUT2D eigenvalue weighted by Crippen LogP contribution is 2.40. The van der Waals surface area contributed by atoms with Crippen LogP contribution in [0.3, 0.4) is 0 Å². The molecule has 28 heavy (non-hydrogen) atoms. The predicted octanol–water partition coefficient (Wildman–Crippen LogP) is 4.36. The summed E-state index contributed by atoms with van der Waals surface area (Å²) in [5.74, 6) is 0.805. The first-order valence-corrected chi connectivity index (χ1v) is 12.9. The molecule has 2 aromatic rings. The van der Waals surface area contributed by atoms with Gasteiger partial charge in [-0.05, 0) is 41.9 Å². The average molecular weight is 403 g/mol. The van der Waals surface area contributed by atoms with Gasteiger partial charge in [-0.25, -0.2) is 0 Å². The minimum absolute atomic E-state index is 0.144. The number of nitrogens with zero attached hydrogens (tertiary/aromatic N) is 1. The molecule has 3 atom stereocenters. The molecule has 3 rings (SSSR count). The summed E-state index contributed by atoms with van der Waals surface area (Å²) in [6.07, 6.45) is 7.17. The molecule has 0 bridgehead atoms. The summed E-state index contributed by atoms with van der Waals surface area (Å²) in [7, 11) is -0.145. The zero-order chi connectivity index (χ0) is 20.7. The minimum atomic E-state index is -1.81. The first-order valence-electron chi connectivity index (χ1n) is 9.99. The summed E-state index contributed by atoms with van der Waals surface area (Å²) in [4.78, 5) is 0. The molecule has 6 heteroatoms. The number of aromatic nitrogens is 1. The molecule has 0 spiro atoms. The van der Waals surface area contributed by atoms with E-state index in [2.05, 4.69) is 62.8 Å². The molecule has 0 saturated carbocycles. The lowest BCUT2D eigenvalue weighted by Crippen LogP contribution is -2.43. The maximum absolute atomic E-state index is 9.72. The monoisotopic (exact) mass is 402 g/mol. The number of hydrogen-bond acceptors (Lipinski definition) is 4. The van der Waals surface area contributed by atoms with Crippen LogP contribution in [0.2, 0.25) is 18.1 Å². The van der Waals surface area contributed by atoms with Crippen molar-refractivity contribution < 1.29 is 14.3 Å². The van der Waals surface area contributed by atoms with Crippen LogP contribution in [0.25, 0.3) is 10.9 Å². The Labute approximate surface area is 169 Å². The number of ether oxygens (including phenoxy) is 1. The maximum atomic E-state index is 9.72. The number of hydrogen-bond donors (Lipinski definition) is 2. The van der Waals surface area contributed by atoms with Crippen molar-refractivity contribution in [3.8, 4) is 5.75 Å². The number of aliphatic hydroxyl groups is 1. The number of rotatable bonds is 6. The average Bonchev–Trinajstić information content (AvgIpc) is 3.17. The summed E-state index contributed by atoms with van der Waals surface area (Å²) in [5, 5.41) is 11.0. The van der Waals surface area contributed by atoms with Gasteiger partial charge in [0.05, 0.1) is 19.3 Å². The largest absolute Gasteiger partial charge is 0.497 e. The molecule has 1 aromatic carbocycles. The number of fused-ring (bicyclic) bond motifs is 1. The van der Waals surface area contributed by atoms with Gasteiger partial charge in [0, 0.05) is 29.9 Å². The predicted molar refractivity (Wildman–Crippen MR) is 117 cm³/mol. The van der Waals surface area contributed by atoms with Crippen molar-refractivity contribution in [2.75, 3.05) is 7.11 Å². The van der Waals surface area contributed by atoms with Crippen molar-refractivity contribution >= 4 is 19.2 Å². The molecule has 0 amide bonds. The second-order valence-electron chi connectivity index (χ2n) is 9.32. The van der Waals surface area contributed by atoms with Gasteiger partial charge in [-0.2, -0.15) is 0 Å². The van der Waals surface area contributed by atoms with Crippen molar-refractivity contribution in [2.24, 2.45) is 5.73 Å². The topological polar surface area (TPSA) is 69.6 Å². The molecule has 0 radical (unpaired) electrons. The van der Waals surface area contributed by atoms with Crippen LogP contribution in [0, 0.1) is 0 Å². The van der Waals surface area contributed by atoms with Crippen molar-refractivity contribution in [2.45, 2.75) is 70.1 Å². The lowest BCUT2D eigenvalue weighted by Gasteiger charge is -2.38. The van der Waals surface area contributed by atoms with E-state index < -0.39 is 14.5 Å². The molecule has 154 valence electrons. The van der Waals surface area contributed by atoms with E-state index in [1.54, 1.807) is 7.11 Å². The van der Waals surface area contributed by atoms with E-state index in [0.29, 0.717) is 6.42 Å². The third-order valence-electron chi connectivity index (χ3n) is 6.18. The van der Waals surface area contributed by atoms with Gasteiger partial charge in [-0.3, -0.25) is 0 Å². The third-order valence-corrected chi connectivity index (χ3v) is 10.7. The van der Waals surface area contributed by atoms with Crippen LogP contribution in [-0.4, -0.2) is 37.4 Å². The van der Waals surface area contributed by atoms with Crippen LogP contribution in [0.4, 0.5) is 0 Å². The number of allylic oxidation sites excluding steroid dienone is 1. The highest BCUT2D eigenvalue weighted by atomic mass is 28.4. The molecule has 1 aromatic heterocycles.